The maximum absolute atomic E-state index is 14.8. The second kappa shape index (κ2) is 8.33. The van der Waals surface area contributed by atoms with Crippen molar-refractivity contribution >= 4 is 16.9 Å². The van der Waals surface area contributed by atoms with Crippen LogP contribution in [0.15, 0.2) is 61.2 Å². The highest BCUT2D eigenvalue weighted by molar-refractivity contribution is 5.74. The van der Waals surface area contributed by atoms with Gasteiger partial charge in [-0.1, -0.05) is 12.1 Å². The van der Waals surface area contributed by atoms with Crippen LogP contribution in [-0.2, 0) is 5.41 Å². The summed E-state index contributed by atoms with van der Waals surface area (Å²) in [5, 5.41) is 0. The number of nitrogens with zero attached hydrogens (tertiary/aromatic N) is 7. The lowest BCUT2D eigenvalue weighted by Crippen LogP contribution is -2.23. The van der Waals surface area contributed by atoms with E-state index < -0.39 is 22.7 Å². The van der Waals surface area contributed by atoms with Crippen molar-refractivity contribution in [1.29, 1.82) is 0 Å². The minimum absolute atomic E-state index is 0.0664. The average molecular weight is 467 g/mol. The third kappa shape index (κ3) is 3.69. The zero-order valence-corrected chi connectivity index (χ0v) is 19.2. The zero-order valence-electron chi connectivity index (χ0n) is 19.2. The molecule has 0 amide bonds. The minimum Gasteiger partial charge on any atom is -0.267 e. The SMILES string of the molecule is [C-]#[N+]c1c(F)ccc(-c2cccc(C(C)(C)c3cccc(-n4cnc5c(C)ncnc54)n3)n2)c1F. The number of halogens is 2. The van der Waals surface area contributed by atoms with Crippen LogP contribution in [0.25, 0.3) is 33.1 Å². The van der Waals surface area contributed by atoms with Crippen LogP contribution in [0.5, 0.6) is 0 Å². The van der Waals surface area contributed by atoms with Gasteiger partial charge in [0.15, 0.2) is 5.65 Å². The lowest BCUT2D eigenvalue weighted by molar-refractivity contribution is 0.589. The van der Waals surface area contributed by atoms with Crippen molar-refractivity contribution in [1.82, 2.24) is 29.5 Å². The van der Waals surface area contributed by atoms with Crippen molar-refractivity contribution in [3.05, 3.63) is 101 Å². The van der Waals surface area contributed by atoms with Gasteiger partial charge in [-0.25, -0.2) is 33.6 Å². The standard InChI is InChI=1S/C26H19F2N7/c1-15-23-25(31-13-30-15)35(14-32-23)21-10-6-9-20(34-21)26(2,3)19-8-5-7-18(33-19)16-11-12-17(27)24(29-4)22(16)28/h5-14H,1-3H3. The average Bonchev–Trinajstić information content (AvgIpc) is 3.30. The van der Waals surface area contributed by atoms with Crippen molar-refractivity contribution in [3.63, 3.8) is 0 Å². The molecule has 0 radical (unpaired) electrons. The van der Waals surface area contributed by atoms with Crippen LogP contribution in [0.4, 0.5) is 14.5 Å². The molecule has 0 bridgehead atoms. The topological polar surface area (TPSA) is 73.7 Å². The molecule has 0 unspecified atom stereocenters. The summed E-state index contributed by atoms with van der Waals surface area (Å²) in [5.74, 6) is -1.18. The Balaban J connectivity index is 1.57. The molecule has 5 rings (SSSR count). The quantitative estimate of drug-likeness (QED) is 0.315. The summed E-state index contributed by atoms with van der Waals surface area (Å²) < 4.78 is 30.4. The first-order valence-corrected chi connectivity index (χ1v) is 10.8. The highest BCUT2D eigenvalue weighted by Crippen LogP contribution is 2.34. The molecule has 0 saturated heterocycles. The molecule has 4 heterocycles. The highest BCUT2D eigenvalue weighted by atomic mass is 19.1. The number of rotatable bonds is 4. The molecule has 0 atom stereocenters. The van der Waals surface area contributed by atoms with Crippen molar-refractivity contribution in [2.45, 2.75) is 26.2 Å². The van der Waals surface area contributed by atoms with Crippen molar-refractivity contribution in [3.8, 4) is 17.1 Å². The maximum Gasteiger partial charge on any atom is 0.257 e. The van der Waals surface area contributed by atoms with E-state index in [1.807, 2.05) is 45.0 Å². The predicted molar refractivity (Wildman–Crippen MR) is 127 cm³/mol. The largest absolute Gasteiger partial charge is 0.267 e. The van der Waals surface area contributed by atoms with E-state index in [2.05, 4.69) is 24.8 Å². The third-order valence-electron chi connectivity index (χ3n) is 5.98. The third-order valence-corrected chi connectivity index (χ3v) is 5.98. The number of imidazole rings is 1. The van der Waals surface area contributed by atoms with Crippen LogP contribution < -0.4 is 0 Å². The fraction of sp³-hybridized carbons (Fsp3) is 0.154. The molecule has 35 heavy (non-hydrogen) atoms. The van der Waals surface area contributed by atoms with Gasteiger partial charge in [-0.2, -0.15) is 0 Å². The molecule has 0 spiro atoms. The highest BCUT2D eigenvalue weighted by Gasteiger charge is 2.28. The second-order valence-electron chi connectivity index (χ2n) is 8.53. The Morgan fingerprint density at radius 2 is 1.66 bits per heavy atom. The molecule has 1 aromatic carbocycles. The first-order chi connectivity index (χ1) is 16.8. The van der Waals surface area contributed by atoms with Gasteiger partial charge in [0.05, 0.1) is 29.3 Å². The van der Waals surface area contributed by atoms with E-state index in [9.17, 15) is 8.78 Å². The van der Waals surface area contributed by atoms with Gasteiger partial charge in [-0.3, -0.25) is 9.55 Å². The van der Waals surface area contributed by atoms with Crippen LogP contribution in [0.3, 0.4) is 0 Å². The van der Waals surface area contributed by atoms with E-state index in [1.54, 1.807) is 23.0 Å². The molecule has 0 aliphatic carbocycles. The van der Waals surface area contributed by atoms with Gasteiger partial charge in [0.25, 0.3) is 5.69 Å². The van der Waals surface area contributed by atoms with Crippen molar-refractivity contribution in [2.24, 2.45) is 0 Å². The van der Waals surface area contributed by atoms with Gasteiger partial charge in [0.2, 0.25) is 0 Å². The summed E-state index contributed by atoms with van der Waals surface area (Å²) in [5.41, 5.74) is 2.58. The maximum atomic E-state index is 14.8. The van der Waals surface area contributed by atoms with Gasteiger partial charge in [0, 0.05) is 11.0 Å². The normalized spacial score (nSPS) is 11.5. The molecular formula is C26H19F2N7. The molecule has 7 nitrogen and oxygen atoms in total. The number of aryl methyl sites for hydroxylation is 1. The zero-order chi connectivity index (χ0) is 24.7. The van der Waals surface area contributed by atoms with Crippen LogP contribution in [0.2, 0.25) is 0 Å². The molecule has 0 fully saturated rings. The van der Waals surface area contributed by atoms with Crippen LogP contribution in [0, 0.1) is 25.1 Å². The lowest BCUT2D eigenvalue weighted by Gasteiger charge is -2.25. The molecule has 0 saturated carbocycles. The van der Waals surface area contributed by atoms with Gasteiger partial charge in [0.1, 0.15) is 35.6 Å². The molecule has 0 aliphatic rings. The van der Waals surface area contributed by atoms with E-state index in [-0.39, 0.29) is 5.56 Å². The second-order valence-corrected chi connectivity index (χ2v) is 8.53. The molecular weight excluding hydrogens is 448 g/mol. The summed E-state index contributed by atoms with van der Waals surface area (Å²) in [6.45, 7) is 12.9. The number of pyridine rings is 2. The Labute approximate surface area is 200 Å². The number of aromatic nitrogens is 6. The minimum atomic E-state index is -0.924. The van der Waals surface area contributed by atoms with E-state index in [1.165, 1.54) is 12.4 Å². The van der Waals surface area contributed by atoms with E-state index >= 15 is 0 Å². The van der Waals surface area contributed by atoms with E-state index in [0.717, 1.165) is 17.5 Å². The smallest absolute Gasteiger partial charge is 0.257 e. The van der Waals surface area contributed by atoms with Crippen molar-refractivity contribution in [2.75, 3.05) is 0 Å². The van der Waals surface area contributed by atoms with Gasteiger partial charge in [-0.15, -0.1) is 0 Å². The van der Waals surface area contributed by atoms with Crippen LogP contribution >= 0.6 is 0 Å². The van der Waals surface area contributed by atoms with E-state index in [4.69, 9.17) is 11.6 Å². The Kier molecular flexibility index (Phi) is 5.29. The Bertz CT molecular complexity index is 1630. The Hall–Kier alpha value is -4.58. The lowest BCUT2D eigenvalue weighted by atomic mass is 9.84. The van der Waals surface area contributed by atoms with Crippen molar-refractivity contribution < 1.29 is 8.78 Å². The number of benzene rings is 1. The number of hydrogen-bond donors (Lipinski definition) is 0. The number of hydrogen-bond acceptors (Lipinski definition) is 5. The molecule has 4 aromatic heterocycles. The van der Waals surface area contributed by atoms with Gasteiger partial charge >= 0.3 is 0 Å². The van der Waals surface area contributed by atoms with Gasteiger partial charge in [-0.05, 0) is 57.2 Å². The molecule has 0 N–H and O–H groups in total. The number of fused-ring (bicyclic) bond motifs is 1. The Morgan fingerprint density at radius 3 is 2.43 bits per heavy atom. The van der Waals surface area contributed by atoms with Gasteiger partial charge < -0.3 is 0 Å². The van der Waals surface area contributed by atoms with Crippen LogP contribution in [0.1, 0.15) is 30.9 Å². The fourth-order valence-electron chi connectivity index (χ4n) is 3.93. The molecule has 5 aromatic rings. The first-order valence-electron chi connectivity index (χ1n) is 10.8. The predicted octanol–water partition coefficient (Wildman–Crippen LogP) is 5.74. The van der Waals surface area contributed by atoms with E-state index in [0.29, 0.717) is 28.4 Å². The summed E-state index contributed by atoms with van der Waals surface area (Å²) in [6, 6.07) is 13.2. The molecule has 0 aliphatic heterocycles. The summed E-state index contributed by atoms with van der Waals surface area (Å²) >= 11 is 0. The summed E-state index contributed by atoms with van der Waals surface area (Å²) in [4.78, 5) is 25.5. The summed E-state index contributed by atoms with van der Waals surface area (Å²) in [7, 11) is 0. The van der Waals surface area contributed by atoms with Crippen LogP contribution in [-0.4, -0.2) is 29.5 Å². The first kappa shape index (κ1) is 22.2. The summed E-state index contributed by atoms with van der Waals surface area (Å²) in [6.07, 6.45) is 3.16. The fourth-order valence-corrected chi connectivity index (χ4v) is 3.93. The molecule has 9 heteroatoms. The monoisotopic (exact) mass is 467 g/mol. The Morgan fingerprint density at radius 1 is 0.914 bits per heavy atom. The molecule has 172 valence electrons.